The molecule has 1 N–H and O–H groups in total. The van der Waals surface area contributed by atoms with Crippen molar-refractivity contribution in [2.75, 3.05) is 7.11 Å². The Morgan fingerprint density at radius 2 is 2.10 bits per heavy atom. The lowest BCUT2D eigenvalue weighted by molar-refractivity contribution is -0.133. The summed E-state index contributed by atoms with van der Waals surface area (Å²) < 4.78 is 4.81. The molecule has 0 aliphatic carbocycles. The van der Waals surface area contributed by atoms with Crippen LogP contribution in [0.4, 0.5) is 0 Å². The van der Waals surface area contributed by atoms with Crippen molar-refractivity contribution < 1.29 is 9.53 Å². The highest BCUT2D eigenvalue weighted by Crippen LogP contribution is 2.35. The zero-order valence-electron chi connectivity index (χ0n) is 11.0. The lowest BCUT2D eigenvalue weighted by atomic mass is 10.0. The molecule has 0 fully saturated rings. The quantitative estimate of drug-likeness (QED) is 0.581. The van der Waals surface area contributed by atoms with Crippen molar-refractivity contribution in [3.63, 3.8) is 0 Å². The monoisotopic (exact) mass is 283 g/mol. The second-order valence-corrected chi connectivity index (χ2v) is 5.18. The summed E-state index contributed by atoms with van der Waals surface area (Å²) in [4.78, 5) is 15.2. The lowest BCUT2D eigenvalue weighted by Gasteiger charge is -2.05. The Hall–Kier alpha value is -2.33. The third kappa shape index (κ3) is 1.94. The third-order valence-electron chi connectivity index (χ3n) is 3.25. The number of nitrogens with one attached hydrogen (secondary N) is 1. The highest BCUT2D eigenvalue weighted by atomic mass is 32.1. The fraction of sp³-hybridized carbons (Fsp3) is 0.0625. The van der Waals surface area contributed by atoms with Crippen LogP contribution in [0.1, 0.15) is 5.56 Å². The van der Waals surface area contributed by atoms with Gasteiger partial charge in [-0.3, -0.25) is 0 Å². The van der Waals surface area contributed by atoms with Crippen LogP contribution in [0.2, 0.25) is 0 Å². The van der Waals surface area contributed by atoms with Gasteiger partial charge in [0.25, 0.3) is 0 Å². The summed E-state index contributed by atoms with van der Waals surface area (Å²) in [6.45, 7) is 3.90. The molecule has 0 radical (unpaired) electrons. The zero-order valence-corrected chi connectivity index (χ0v) is 11.8. The summed E-state index contributed by atoms with van der Waals surface area (Å²) in [5, 5.41) is 5.02. The van der Waals surface area contributed by atoms with Crippen molar-refractivity contribution >= 4 is 33.8 Å². The van der Waals surface area contributed by atoms with Crippen molar-refractivity contribution in [1.29, 1.82) is 0 Å². The van der Waals surface area contributed by atoms with Crippen LogP contribution >= 0.6 is 11.3 Å². The number of H-pyrrole nitrogens is 1. The van der Waals surface area contributed by atoms with Crippen LogP contribution in [0.15, 0.2) is 47.7 Å². The summed E-state index contributed by atoms with van der Waals surface area (Å²) in [5.74, 6) is -0.411. The van der Waals surface area contributed by atoms with Crippen molar-refractivity contribution in [3.05, 3.63) is 53.2 Å². The number of benzene rings is 1. The molecule has 0 saturated carbocycles. The van der Waals surface area contributed by atoms with Crippen molar-refractivity contribution in [1.82, 2.24) is 4.98 Å². The van der Waals surface area contributed by atoms with Gasteiger partial charge in [-0.1, -0.05) is 24.8 Å². The van der Waals surface area contributed by atoms with Crippen LogP contribution < -0.4 is 0 Å². The maximum absolute atomic E-state index is 11.8. The molecule has 0 spiro atoms. The number of methoxy groups -OCH3 is 1. The van der Waals surface area contributed by atoms with Gasteiger partial charge in [-0.15, -0.1) is 0 Å². The number of ether oxygens (including phenoxy) is 1. The summed E-state index contributed by atoms with van der Waals surface area (Å²) in [6, 6.07) is 9.89. The first-order valence-electron chi connectivity index (χ1n) is 6.13. The largest absolute Gasteiger partial charge is 0.465 e. The van der Waals surface area contributed by atoms with Gasteiger partial charge in [0.15, 0.2) is 0 Å². The summed E-state index contributed by atoms with van der Waals surface area (Å²) >= 11 is 1.61. The van der Waals surface area contributed by atoms with Crippen LogP contribution in [0.5, 0.6) is 0 Å². The topological polar surface area (TPSA) is 42.1 Å². The van der Waals surface area contributed by atoms with Crippen LogP contribution in [0.25, 0.3) is 27.7 Å². The summed E-state index contributed by atoms with van der Waals surface area (Å²) in [5.41, 5.74) is 4.11. The molecule has 3 rings (SSSR count). The van der Waals surface area contributed by atoms with Gasteiger partial charge in [0.05, 0.1) is 18.4 Å². The van der Waals surface area contributed by atoms with Gasteiger partial charge < -0.3 is 9.72 Å². The number of hydrogen-bond donors (Lipinski definition) is 1. The van der Waals surface area contributed by atoms with Gasteiger partial charge in [0.2, 0.25) is 0 Å². The smallest absolute Gasteiger partial charge is 0.337 e. The second kappa shape index (κ2) is 4.98. The Labute approximate surface area is 120 Å². The number of thiophene rings is 1. The molecule has 20 heavy (non-hydrogen) atoms. The molecule has 4 heteroatoms. The molecule has 0 amide bonds. The molecule has 0 atom stereocenters. The third-order valence-corrected chi connectivity index (χ3v) is 3.93. The first-order valence-corrected chi connectivity index (χ1v) is 7.07. The molecule has 2 heterocycles. The predicted octanol–water partition coefficient (Wildman–Crippen LogP) is 4.08. The number of aromatic nitrogens is 1. The number of carbonyl (C=O) groups is 1. The molecular formula is C16H13NO2S. The molecule has 0 aliphatic rings. The van der Waals surface area contributed by atoms with Crippen molar-refractivity contribution in [2.24, 2.45) is 0 Å². The molecule has 0 saturated heterocycles. The number of para-hydroxylation sites is 1. The van der Waals surface area contributed by atoms with Crippen LogP contribution in [0.3, 0.4) is 0 Å². The number of aromatic amines is 1. The zero-order chi connectivity index (χ0) is 14.1. The molecule has 0 unspecified atom stereocenters. The normalized spacial score (nSPS) is 10.7. The van der Waals surface area contributed by atoms with E-state index >= 15 is 0 Å². The Morgan fingerprint density at radius 1 is 1.30 bits per heavy atom. The fourth-order valence-electron chi connectivity index (χ4n) is 2.30. The first kappa shape index (κ1) is 12.7. The Morgan fingerprint density at radius 3 is 2.80 bits per heavy atom. The SMILES string of the molecule is C=C(C(=O)OC)c1c(-c2ccsc2)[nH]c2ccccc12. The lowest BCUT2D eigenvalue weighted by Crippen LogP contribution is -2.03. The van der Waals surface area contributed by atoms with Gasteiger partial charge in [-0.25, -0.2) is 4.79 Å². The molecular weight excluding hydrogens is 270 g/mol. The standard InChI is InChI=1S/C16H13NO2S/c1-10(16(18)19-2)14-12-5-3-4-6-13(12)17-15(14)11-7-8-20-9-11/h3-9,17H,1H2,2H3. The van der Waals surface area contributed by atoms with E-state index < -0.39 is 5.97 Å². The van der Waals surface area contributed by atoms with Gasteiger partial charge in [0.1, 0.15) is 0 Å². The van der Waals surface area contributed by atoms with Gasteiger partial charge in [-0.05, 0) is 17.5 Å². The molecule has 3 nitrogen and oxygen atoms in total. The number of carbonyl (C=O) groups excluding carboxylic acids is 1. The van der Waals surface area contributed by atoms with Gasteiger partial charge in [0, 0.05) is 27.4 Å². The predicted molar refractivity (Wildman–Crippen MR) is 82.7 cm³/mol. The molecule has 1 aromatic carbocycles. The molecule has 2 aromatic heterocycles. The maximum atomic E-state index is 11.8. The number of fused-ring (bicyclic) bond motifs is 1. The van der Waals surface area contributed by atoms with E-state index in [1.807, 2.05) is 41.1 Å². The average Bonchev–Trinajstić information content (AvgIpc) is 3.12. The highest BCUT2D eigenvalue weighted by molar-refractivity contribution is 7.08. The first-order chi connectivity index (χ1) is 9.72. The van der Waals surface area contributed by atoms with Crippen molar-refractivity contribution in [3.8, 4) is 11.3 Å². The Kier molecular flexibility index (Phi) is 3.16. The van der Waals surface area contributed by atoms with E-state index in [1.54, 1.807) is 11.3 Å². The molecule has 0 bridgehead atoms. The molecule has 0 aliphatic heterocycles. The van der Waals surface area contributed by atoms with Crippen molar-refractivity contribution in [2.45, 2.75) is 0 Å². The van der Waals surface area contributed by atoms with Crippen LogP contribution in [0, 0.1) is 0 Å². The summed E-state index contributed by atoms with van der Waals surface area (Å²) in [7, 11) is 1.37. The van der Waals surface area contributed by atoms with Gasteiger partial charge >= 0.3 is 5.97 Å². The Bertz CT molecular complexity index is 784. The maximum Gasteiger partial charge on any atom is 0.337 e. The van der Waals surface area contributed by atoms with E-state index in [1.165, 1.54) is 7.11 Å². The Balaban J connectivity index is 2.29. The minimum atomic E-state index is -0.411. The highest BCUT2D eigenvalue weighted by Gasteiger charge is 2.20. The number of rotatable bonds is 3. The van der Waals surface area contributed by atoms with Crippen LogP contribution in [-0.4, -0.2) is 18.1 Å². The number of esters is 1. The van der Waals surface area contributed by atoms with Gasteiger partial charge in [-0.2, -0.15) is 11.3 Å². The van der Waals surface area contributed by atoms with E-state index in [2.05, 4.69) is 11.6 Å². The fourth-order valence-corrected chi connectivity index (χ4v) is 2.95. The van der Waals surface area contributed by atoms with E-state index in [9.17, 15) is 4.79 Å². The van der Waals surface area contributed by atoms with E-state index in [4.69, 9.17) is 4.74 Å². The number of hydrogen-bond acceptors (Lipinski definition) is 3. The van der Waals surface area contributed by atoms with E-state index in [0.29, 0.717) is 5.57 Å². The van der Waals surface area contributed by atoms with Crippen LogP contribution in [-0.2, 0) is 9.53 Å². The van der Waals surface area contributed by atoms with E-state index in [0.717, 1.165) is 27.7 Å². The molecule has 3 aromatic rings. The average molecular weight is 283 g/mol. The minimum absolute atomic E-state index is 0.367. The second-order valence-electron chi connectivity index (χ2n) is 4.40. The summed E-state index contributed by atoms with van der Waals surface area (Å²) in [6.07, 6.45) is 0. The molecule has 100 valence electrons. The van der Waals surface area contributed by atoms with E-state index in [-0.39, 0.29) is 0 Å². The minimum Gasteiger partial charge on any atom is -0.465 e.